The highest BCUT2D eigenvalue weighted by Gasteiger charge is 2.15. The summed E-state index contributed by atoms with van der Waals surface area (Å²) in [6.07, 6.45) is 1.88. The predicted molar refractivity (Wildman–Crippen MR) is 197 cm³/mol. The summed E-state index contributed by atoms with van der Waals surface area (Å²) in [4.78, 5) is 15.0. The zero-order valence-corrected chi connectivity index (χ0v) is 26.2. The molecule has 0 radical (unpaired) electrons. The normalized spacial score (nSPS) is 11.4. The van der Waals surface area contributed by atoms with E-state index in [2.05, 4.69) is 127 Å². The third kappa shape index (κ3) is 5.05. The summed E-state index contributed by atoms with van der Waals surface area (Å²) in [5.41, 5.74) is 10.5. The molecule has 4 heteroatoms. The van der Waals surface area contributed by atoms with E-state index in [4.69, 9.17) is 15.0 Å². The third-order valence-electron chi connectivity index (χ3n) is 8.72. The van der Waals surface area contributed by atoms with Crippen LogP contribution in [0, 0.1) is 0 Å². The van der Waals surface area contributed by atoms with Gasteiger partial charge in [-0.3, -0.25) is 4.98 Å². The highest BCUT2D eigenvalue weighted by Crippen LogP contribution is 2.39. The van der Waals surface area contributed by atoms with Crippen LogP contribution in [0.15, 0.2) is 164 Å². The van der Waals surface area contributed by atoms with Crippen LogP contribution in [0.2, 0.25) is 0 Å². The number of pyridine rings is 1. The zero-order valence-electron chi connectivity index (χ0n) is 25.3. The summed E-state index contributed by atoms with van der Waals surface area (Å²) in [5, 5.41) is 3.62. The summed E-state index contributed by atoms with van der Waals surface area (Å²) < 4.78 is 2.44. The smallest absolute Gasteiger partial charge is 0.160 e. The lowest BCUT2D eigenvalue weighted by Gasteiger charge is -2.14. The standard InChI is InChI=1S/C43H27N3S/c1-3-12-29(13-4-1)38-27-39(46-43(45-38)30-14-5-2-6-15-30)34-24-32(23-33(25-34)36-18-9-16-28-11-7-8-17-35(28)36)31-20-21-40-37(26-31)42-41(47-40)19-10-22-44-42/h1-27H. The van der Waals surface area contributed by atoms with Crippen molar-refractivity contribution < 1.29 is 0 Å². The van der Waals surface area contributed by atoms with Crippen LogP contribution in [0.1, 0.15) is 0 Å². The number of rotatable bonds is 5. The first kappa shape index (κ1) is 27.3. The molecule has 0 aliphatic heterocycles. The van der Waals surface area contributed by atoms with Gasteiger partial charge in [0.05, 0.1) is 21.6 Å². The highest BCUT2D eigenvalue weighted by atomic mass is 32.1. The summed E-state index contributed by atoms with van der Waals surface area (Å²) in [6, 6.07) is 55.6. The average Bonchev–Trinajstić information content (AvgIpc) is 3.53. The fourth-order valence-electron chi connectivity index (χ4n) is 6.42. The number of nitrogens with zero attached hydrogens (tertiary/aromatic N) is 3. The Morgan fingerprint density at radius 3 is 1.96 bits per heavy atom. The Balaban J connectivity index is 1.30. The van der Waals surface area contributed by atoms with Crippen LogP contribution in [0.25, 0.3) is 87.2 Å². The molecular formula is C43H27N3S. The molecule has 6 aromatic carbocycles. The van der Waals surface area contributed by atoms with Crippen molar-refractivity contribution in [2.75, 3.05) is 0 Å². The van der Waals surface area contributed by atoms with E-state index >= 15 is 0 Å². The first-order valence-corrected chi connectivity index (χ1v) is 16.5. The van der Waals surface area contributed by atoms with Gasteiger partial charge in [0.1, 0.15) is 0 Å². The van der Waals surface area contributed by atoms with Gasteiger partial charge >= 0.3 is 0 Å². The number of thiophene rings is 1. The van der Waals surface area contributed by atoms with Gasteiger partial charge in [-0.15, -0.1) is 11.3 Å². The molecule has 0 amide bonds. The van der Waals surface area contributed by atoms with E-state index < -0.39 is 0 Å². The minimum absolute atomic E-state index is 0.705. The first-order chi connectivity index (χ1) is 23.3. The minimum Gasteiger partial charge on any atom is -0.255 e. The predicted octanol–water partition coefficient (Wildman–Crippen LogP) is 11.7. The molecule has 220 valence electrons. The zero-order chi connectivity index (χ0) is 31.2. The van der Waals surface area contributed by atoms with Gasteiger partial charge in [0, 0.05) is 33.0 Å². The van der Waals surface area contributed by atoms with Gasteiger partial charge in [-0.05, 0) is 81.6 Å². The van der Waals surface area contributed by atoms with Crippen LogP contribution in [0.5, 0.6) is 0 Å². The molecule has 0 aliphatic carbocycles. The van der Waals surface area contributed by atoms with Crippen LogP contribution < -0.4 is 0 Å². The number of hydrogen-bond acceptors (Lipinski definition) is 4. The molecule has 0 aliphatic rings. The Bertz CT molecular complexity index is 2510. The van der Waals surface area contributed by atoms with Crippen LogP contribution in [0.3, 0.4) is 0 Å². The second-order valence-corrected chi connectivity index (χ2v) is 12.8. The van der Waals surface area contributed by atoms with Gasteiger partial charge < -0.3 is 0 Å². The fraction of sp³-hybridized carbons (Fsp3) is 0. The molecule has 0 saturated carbocycles. The van der Waals surface area contributed by atoms with E-state index in [1.54, 1.807) is 11.3 Å². The second kappa shape index (κ2) is 11.4. The SMILES string of the molecule is c1ccc(-c2cc(-c3cc(-c4ccc5sc6cccnc6c5c4)cc(-c4cccc5ccccc45)c3)nc(-c3ccccc3)n2)cc1. The lowest BCUT2D eigenvalue weighted by molar-refractivity contribution is 1.18. The Labute approximate surface area is 276 Å². The van der Waals surface area contributed by atoms with Gasteiger partial charge in [-0.2, -0.15) is 0 Å². The minimum atomic E-state index is 0.705. The van der Waals surface area contributed by atoms with E-state index in [0.717, 1.165) is 50.3 Å². The lowest BCUT2D eigenvalue weighted by atomic mass is 9.92. The van der Waals surface area contributed by atoms with Gasteiger partial charge in [0.15, 0.2) is 5.82 Å². The van der Waals surface area contributed by atoms with Crippen molar-refractivity contribution in [3.05, 3.63) is 164 Å². The molecule has 3 nitrogen and oxygen atoms in total. The van der Waals surface area contributed by atoms with E-state index in [-0.39, 0.29) is 0 Å². The average molecular weight is 618 g/mol. The molecule has 0 N–H and O–H groups in total. The van der Waals surface area contributed by atoms with Crippen molar-refractivity contribution in [1.29, 1.82) is 0 Å². The summed E-state index contributed by atoms with van der Waals surface area (Å²) >= 11 is 1.79. The molecule has 0 saturated heterocycles. The van der Waals surface area contributed by atoms with E-state index in [0.29, 0.717) is 5.82 Å². The molecule has 3 aromatic heterocycles. The van der Waals surface area contributed by atoms with E-state index in [1.165, 1.54) is 31.1 Å². The topological polar surface area (TPSA) is 38.7 Å². The summed E-state index contributed by atoms with van der Waals surface area (Å²) in [5.74, 6) is 0.705. The van der Waals surface area contributed by atoms with Gasteiger partial charge in [-0.1, -0.05) is 109 Å². The highest BCUT2D eigenvalue weighted by molar-refractivity contribution is 7.25. The van der Waals surface area contributed by atoms with Crippen LogP contribution in [-0.2, 0) is 0 Å². The maximum atomic E-state index is 5.19. The number of fused-ring (bicyclic) bond motifs is 4. The van der Waals surface area contributed by atoms with Crippen molar-refractivity contribution in [3.63, 3.8) is 0 Å². The maximum Gasteiger partial charge on any atom is 0.160 e. The Hall–Kier alpha value is -5.97. The molecule has 0 bridgehead atoms. The summed E-state index contributed by atoms with van der Waals surface area (Å²) in [6.45, 7) is 0. The third-order valence-corrected chi connectivity index (χ3v) is 9.84. The van der Waals surface area contributed by atoms with Crippen molar-refractivity contribution in [3.8, 4) is 56.2 Å². The first-order valence-electron chi connectivity index (χ1n) is 15.7. The monoisotopic (exact) mass is 617 g/mol. The number of aromatic nitrogens is 3. The molecular weight excluding hydrogens is 591 g/mol. The van der Waals surface area contributed by atoms with E-state index in [1.807, 2.05) is 36.5 Å². The van der Waals surface area contributed by atoms with Gasteiger partial charge in [0.25, 0.3) is 0 Å². The number of hydrogen-bond donors (Lipinski definition) is 0. The lowest BCUT2D eigenvalue weighted by Crippen LogP contribution is -1.96. The maximum absolute atomic E-state index is 5.19. The Morgan fingerprint density at radius 2 is 1.11 bits per heavy atom. The van der Waals surface area contributed by atoms with Gasteiger partial charge in [-0.25, -0.2) is 9.97 Å². The molecule has 3 heterocycles. The number of benzene rings is 6. The Kier molecular flexibility index (Phi) is 6.65. The van der Waals surface area contributed by atoms with Crippen LogP contribution in [-0.4, -0.2) is 15.0 Å². The summed E-state index contributed by atoms with van der Waals surface area (Å²) in [7, 11) is 0. The van der Waals surface area contributed by atoms with Gasteiger partial charge in [0.2, 0.25) is 0 Å². The fourth-order valence-corrected chi connectivity index (χ4v) is 7.46. The van der Waals surface area contributed by atoms with Crippen molar-refractivity contribution in [1.82, 2.24) is 15.0 Å². The molecule has 0 spiro atoms. The Morgan fingerprint density at radius 1 is 0.404 bits per heavy atom. The molecule has 9 rings (SSSR count). The second-order valence-electron chi connectivity index (χ2n) is 11.7. The van der Waals surface area contributed by atoms with Crippen LogP contribution >= 0.6 is 11.3 Å². The molecule has 47 heavy (non-hydrogen) atoms. The molecule has 0 atom stereocenters. The largest absolute Gasteiger partial charge is 0.255 e. The van der Waals surface area contributed by atoms with Crippen LogP contribution in [0.4, 0.5) is 0 Å². The molecule has 0 unspecified atom stereocenters. The van der Waals surface area contributed by atoms with Crippen molar-refractivity contribution in [2.24, 2.45) is 0 Å². The molecule has 9 aromatic rings. The van der Waals surface area contributed by atoms with E-state index in [9.17, 15) is 0 Å². The molecule has 0 fully saturated rings. The van der Waals surface area contributed by atoms with Crippen molar-refractivity contribution >= 4 is 42.4 Å². The quantitative estimate of drug-likeness (QED) is 0.193. The van der Waals surface area contributed by atoms with Crippen molar-refractivity contribution in [2.45, 2.75) is 0 Å².